The van der Waals surface area contributed by atoms with Gasteiger partial charge in [0.05, 0.1) is 6.54 Å². The molecule has 6 nitrogen and oxygen atoms in total. The van der Waals surface area contributed by atoms with Crippen LogP contribution < -0.4 is 10.6 Å². The first-order valence-electron chi connectivity index (χ1n) is 10.7. The molecule has 0 atom stereocenters. The zero-order chi connectivity index (χ0) is 21.2. The van der Waals surface area contributed by atoms with Crippen LogP contribution in [0.15, 0.2) is 54.6 Å². The Hall–Kier alpha value is -2.70. The molecule has 0 saturated carbocycles. The summed E-state index contributed by atoms with van der Waals surface area (Å²) in [7, 11) is 0. The molecule has 1 heterocycles. The van der Waals surface area contributed by atoms with E-state index in [-0.39, 0.29) is 18.4 Å². The van der Waals surface area contributed by atoms with Gasteiger partial charge < -0.3 is 15.5 Å². The van der Waals surface area contributed by atoms with E-state index in [9.17, 15) is 9.59 Å². The van der Waals surface area contributed by atoms with Gasteiger partial charge in [0.2, 0.25) is 5.91 Å². The minimum atomic E-state index is -0.224. The second-order valence-corrected chi connectivity index (χ2v) is 7.86. The third kappa shape index (κ3) is 7.28. The second kappa shape index (κ2) is 11.5. The Morgan fingerprint density at radius 2 is 1.53 bits per heavy atom. The van der Waals surface area contributed by atoms with E-state index in [2.05, 4.69) is 50.8 Å². The van der Waals surface area contributed by atoms with E-state index in [0.717, 1.165) is 51.3 Å². The lowest BCUT2D eigenvalue weighted by atomic mass is 10.1. The van der Waals surface area contributed by atoms with E-state index in [1.165, 1.54) is 5.56 Å². The molecular weight excluding hydrogens is 376 g/mol. The molecule has 0 aromatic heterocycles. The molecule has 30 heavy (non-hydrogen) atoms. The summed E-state index contributed by atoms with van der Waals surface area (Å²) in [5.41, 5.74) is 3.03. The molecular formula is C24H32N4O2. The van der Waals surface area contributed by atoms with Gasteiger partial charge in [0, 0.05) is 44.8 Å². The van der Waals surface area contributed by atoms with Crippen molar-refractivity contribution >= 4 is 11.8 Å². The summed E-state index contributed by atoms with van der Waals surface area (Å²) in [5, 5.41) is 5.56. The van der Waals surface area contributed by atoms with Gasteiger partial charge in [-0.15, -0.1) is 0 Å². The lowest BCUT2D eigenvalue weighted by Crippen LogP contribution is -2.46. The Kier molecular flexibility index (Phi) is 8.41. The van der Waals surface area contributed by atoms with Crippen LogP contribution in [0, 0.1) is 6.92 Å². The normalized spacial score (nSPS) is 15.0. The summed E-state index contributed by atoms with van der Waals surface area (Å²) in [6.45, 7) is 8.88. The van der Waals surface area contributed by atoms with Crippen LogP contribution in [0.5, 0.6) is 0 Å². The molecule has 1 aliphatic rings. The molecule has 3 rings (SSSR count). The Labute approximate surface area is 179 Å². The third-order valence-electron chi connectivity index (χ3n) is 5.41. The Morgan fingerprint density at radius 1 is 0.867 bits per heavy atom. The van der Waals surface area contributed by atoms with Crippen molar-refractivity contribution < 1.29 is 9.59 Å². The minimum absolute atomic E-state index is 0.00483. The quantitative estimate of drug-likeness (QED) is 0.624. The van der Waals surface area contributed by atoms with Crippen LogP contribution in [-0.2, 0) is 11.3 Å². The van der Waals surface area contributed by atoms with E-state index >= 15 is 0 Å². The van der Waals surface area contributed by atoms with Crippen molar-refractivity contribution in [3.63, 3.8) is 0 Å². The number of nitrogens with zero attached hydrogens (tertiary/aromatic N) is 2. The number of carbonyl (C=O) groups is 2. The maximum absolute atomic E-state index is 12.0. The van der Waals surface area contributed by atoms with Crippen LogP contribution in [0.3, 0.4) is 0 Å². The molecule has 1 aliphatic heterocycles. The van der Waals surface area contributed by atoms with Crippen molar-refractivity contribution in [2.45, 2.75) is 19.9 Å². The largest absolute Gasteiger partial charge is 0.355 e. The molecule has 160 valence electrons. The first kappa shape index (κ1) is 22.0. The predicted octanol–water partition coefficient (Wildman–Crippen LogP) is 2.05. The average Bonchev–Trinajstić information content (AvgIpc) is 2.77. The van der Waals surface area contributed by atoms with Crippen molar-refractivity contribution in [1.29, 1.82) is 0 Å². The van der Waals surface area contributed by atoms with Crippen molar-refractivity contribution in [2.24, 2.45) is 0 Å². The second-order valence-electron chi connectivity index (χ2n) is 7.86. The highest BCUT2D eigenvalue weighted by atomic mass is 16.2. The lowest BCUT2D eigenvalue weighted by Gasteiger charge is -2.34. The molecule has 1 fully saturated rings. The summed E-state index contributed by atoms with van der Waals surface area (Å²) in [6.07, 6.45) is 0.913. The van der Waals surface area contributed by atoms with Crippen LogP contribution in [0.1, 0.15) is 27.9 Å². The third-order valence-corrected chi connectivity index (χ3v) is 5.41. The van der Waals surface area contributed by atoms with Crippen LogP contribution in [0.25, 0.3) is 0 Å². The molecule has 2 N–H and O–H groups in total. The Balaban J connectivity index is 1.24. The lowest BCUT2D eigenvalue weighted by molar-refractivity contribution is -0.120. The maximum Gasteiger partial charge on any atom is 0.251 e. The number of hydrogen-bond donors (Lipinski definition) is 2. The number of hydrogen-bond acceptors (Lipinski definition) is 4. The smallest absolute Gasteiger partial charge is 0.251 e. The number of amides is 2. The molecule has 2 amide bonds. The zero-order valence-electron chi connectivity index (χ0n) is 17.8. The van der Waals surface area contributed by atoms with Gasteiger partial charge >= 0.3 is 0 Å². The highest BCUT2D eigenvalue weighted by molar-refractivity contribution is 5.96. The van der Waals surface area contributed by atoms with Gasteiger partial charge in [0.1, 0.15) is 0 Å². The first-order chi connectivity index (χ1) is 14.6. The summed E-state index contributed by atoms with van der Waals surface area (Å²) >= 11 is 0. The summed E-state index contributed by atoms with van der Waals surface area (Å²) in [4.78, 5) is 28.9. The van der Waals surface area contributed by atoms with Crippen LogP contribution in [-0.4, -0.2) is 67.4 Å². The summed E-state index contributed by atoms with van der Waals surface area (Å²) in [6, 6.07) is 17.9. The first-order valence-corrected chi connectivity index (χ1v) is 10.7. The Morgan fingerprint density at radius 3 is 2.23 bits per heavy atom. The fraction of sp³-hybridized carbons (Fsp3) is 0.417. The molecule has 0 bridgehead atoms. The summed E-state index contributed by atoms with van der Waals surface area (Å²) in [5.74, 6) is -0.373. The highest BCUT2D eigenvalue weighted by Crippen LogP contribution is 2.08. The van der Waals surface area contributed by atoms with Gasteiger partial charge in [-0.1, -0.05) is 48.0 Å². The monoisotopic (exact) mass is 408 g/mol. The topological polar surface area (TPSA) is 64.7 Å². The van der Waals surface area contributed by atoms with Crippen molar-refractivity contribution in [1.82, 2.24) is 20.4 Å². The van der Waals surface area contributed by atoms with Gasteiger partial charge in [-0.2, -0.15) is 0 Å². The van der Waals surface area contributed by atoms with Gasteiger partial charge in [-0.25, -0.2) is 0 Å². The van der Waals surface area contributed by atoms with Crippen LogP contribution in [0.2, 0.25) is 0 Å². The minimum Gasteiger partial charge on any atom is -0.355 e. The van der Waals surface area contributed by atoms with Gasteiger partial charge in [-0.05, 0) is 37.6 Å². The van der Waals surface area contributed by atoms with E-state index in [1.54, 1.807) is 12.1 Å². The fourth-order valence-electron chi connectivity index (χ4n) is 3.57. The number of rotatable bonds is 9. The molecule has 2 aromatic rings. The number of carbonyl (C=O) groups excluding carboxylic acids is 2. The van der Waals surface area contributed by atoms with Crippen molar-refractivity contribution in [3.05, 3.63) is 71.3 Å². The summed E-state index contributed by atoms with van der Waals surface area (Å²) < 4.78 is 0. The van der Waals surface area contributed by atoms with E-state index in [0.29, 0.717) is 12.1 Å². The maximum atomic E-state index is 12.0. The molecule has 1 saturated heterocycles. The average molecular weight is 409 g/mol. The molecule has 2 aromatic carbocycles. The van der Waals surface area contributed by atoms with Crippen molar-refractivity contribution in [3.8, 4) is 0 Å². The zero-order valence-corrected chi connectivity index (χ0v) is 17.8. The van der Waals surface area contributed by atoms with Gasteiger partial charge in [0.15, 0.2) is 0 Å². The van der Waals surface area contributed by atoms with Crippen LogP contribution in [0.4, 0.5) is 0 Å². The number of piperazine rings is 1. The molecule has 0 unspecified atom stereocenters. The van der Waals surface area contributed by atoms with E-state index in [4.69, 9.17) is 0 Å². The number of benzene rings is 2. The van der Waals surface area contributed by atoms with E-state index < -0.39 is 0 Å². The Bertz CT molecular complexity index is 800. The molecule has 0 radical (unpaired) electrons. The standard InChI is InChI=1S/C24H32N4O2/c1-20-8-10-22(11-9-20)24(30)26-18-23(29)25-12-5-13-27-14-16-28(17-15-27)19-21-6-3-2-4-7-21/h2-4,6-11H,5,12-19H2,1H3,(H,25,29)(H,26,30). The molecule has 6 heteroatoms. The van der Waals surface area contributed by atoms with Gasteiger partial charge in [0.25, 0.3) is 5.91 Å². The molecule has 0 spiro atoms. The van der Waals surface area contributed by atoms with E-state index in [1.807, 2.05) is 19.1 Å². The molecule has 0 aliphatic carbocycles. The van der Waals surface area contributed by atoms with Gasteiger partial charge in [-0.3, -0.25) is 14.5 Å². The SMILES string of the molecule is Cc1ccc(C(=O)NCC(=O)NCCCN2CCN(Cc3ccccc3)CC2)cc1. The predicted molar refractivity (Wildman–Crippen MR) is 119 cm³/mol. The highest BCUT2D eigenvalue weighted by Gasteiger charge is 2.16. The van der Waals surface area contributed by atoms with Crippen LogP contribution >= 0.6 is 0 Å². The number of aryl methyl sites for hydroxylation is 1. The fourth-order valence-corrected chi connectivity index (χ4v) is 3.57. The van der Waals surface area contributed by atoms with Crippen molar-refractivity contribution in [2.75, 3.05) is 45.8 Å². The number of nitrogens with one attached hydrogen (secondary N) is 2.